The van der Waals surface area contributed by atoms with Crippen LogP contribution >= 0.6 is 0 Å². The highest BCUT2D eigenvalue weighted by Gasteiger charge is 2.17. The molecule has 5 nitrogen and oxygen atoms in total. The summed E-state index contributed by atoms with van der Waals surface area (Å²) in [4.78, 5) is 4.66. The Morgan fingerprint density at radius 3 is 2.94 bits per heavy atom. The number of aromatic nitrogens is 2. The maximum Gasteiger partial charge on any atom is 0.139 e. The number of hydrogen-bond acceptors (Lipinski definition) is 3. The first-order valence-corrected chi connectivity index (χ1v) is 6.73. The van der Waals surface area contributed by atoms with Crippen LogP contribution in [0.4, 0.5) is 0 Å². The molecule has 18 heavy (non-hydrogen) atoms. The quantitative estimate of drug-likeness (QED) is 0.276. The van der Waals surface area contributed by atoms with Crippen molar-refractivity contribution in [3.05, 3.63) is 17.2 Å². The standard InChI is InChI=1S/C13H22N4O/c1-10-15-11-6-2-3-7-12(11)17(10)9-5-4-8-13(14)16-18/h18H,2-9H2,1H3,(H2,14,16). The molecule has 0 atom stereocenters. The summed E-state index contributed by atoms with van der Waals surface area (Å²) in [5.74, 6) is 1.45. The summed E-state index contributed by atoms with van der Waals surface area (Å²) in [7, 11) is 0. The first kappa shape index (κ1) is 12.9. The molecule has 1 aliphatic carbocycles. The fourth-order valence-electron chi connectivity index (χ4n) is 2.66. The third-order valence-electron chi connectivity index (χ3n) is 3.62. The molecule has 1 aromatic heterocycles. The van der Waals surface area contributed by atoms with Gasteiger partial charge in [0.05, 0.1) is 5.69 Å². The van der Waals surface area contributed by atoms with Gasteiger partial charge in [-0.2, -0.15) is 0 Å². The van der Waals surface area contributed by atoms with E-state index in [2.05, 4.69) is 21.6 Å². The van der Waals surface area contributed by atoms with E-state index in [4.69, 9.17) is 10.9 Å². The van der Waals surface area contributed by atoms with Crippen LogP contribution in [-0.2, 0) is 19.4 Å². The van der Waals surface area contributed by atoms with Crippen LogP contribution in [0.25, 0.3) is 0 Å². The van der Waals surface area contributed by atoms with Gasteiger partial charge in [0.25, 0.3) is 0 Å². The average molecular weight is 250 g/mol. The third kappa shape index (κ3) is 2.83. The molecule has 3 N–H and O–H groups in total. The zero-order valence-corrected chi connectivity index (χ0v) is 11.0. The second kappa shape index (κ2) is 5.89. The van der Waals surface area contributed by atoms with E-state index < -0.39 is 0 Å². The van der Waals surface area contributed by atoms with Crippen molar-refractivity contribution in [3.63, 3.8) is 0 Å². The Kier molecular flexibility index (Phi) is 4.23. The van der Waals surface area contributed by atoms with Gasteiger partial charge in [-0.25, -0.2) is 4.98 Å². The van der Waals surface area contributed by atoms with Crippen molar-refractivity contribution in [2.24, 2.45) is 10.9 Å². The molecule has 0 spiro atoms. The number of hydrogen-bond donors (Lipinski definition) is 2. The van der Waals surface area contributed by atoms with Gasteiger partial charge in [0.15, 0.2) is 0 Å². The zero-order chi connectivity index (χ0) is 13.0. The van der Waals surface area contributed by atoms with Crippen molar-refractivity contribution >= 4 is 5.84 Å². The van der Waals surface area contributed by atoms with Crippen LogP contribution in [0.3, 0.4) is 0 Å². The highest BCUT2D eigenvalue weighted by molar-refractivity contribution is 5.79. The minimum atomic E-state index is 0.319. The lowest BCUT2D eigenvalue weighted by molar-refractivity contribution is 0.316. The molecule has 0 bridgehead atoms. The smallest absolute Gasteiger partial charge is 0.139 e. The molecule has 0 saturated heterocycles. The van der Waals surface area contributed by atoms with Gasteiger partial charge in [0.1, 0.15) is 11.7 Å². The molecular weight excluding hydrogens is 228 g/mol. The molecule has 0 aromatic carbocycles. The number of nitrogens with two attached hydrogens (primary N) is 1. The maximum atomic E-state index is 8.47. The van der Waals surface area contributed by atoms with E-state index in [1.54, 1.807) is 0 Å². The van der Waals surface area contributed by atoms with E-state index in [-0.39, 0.29) is 0 Å². The molecule has 1 aliphatic rings. The molecule has 0 fully saturated rings. The Morgan fingerprint density at radius 2 is 2.17 bits per heavy atom. The van der Waals surface area contributed by atoms with Crippen LogP contribution in [0.2, 0.25) is 0 Å². The summed E-state index contributed by atoms with van der Waals surface area (Å²) in [6.07, 6.45) is 7.49. The first-order valence-electron chi connectivity index (χ1n) is 6.73. The van der Waals surface area contributed by atoms with Crippen LogP contribution in [0.5, 0.6) is 0 Å². The van der Waals surface area contributed by atoms with Crippen molar-refractivity contribution < 1.29 is 5.21 Å². The minimum Gasteiger partial charge on any atom is -0.409 e. The maximum absolute atomic E-state index is 8.47. The molecule has 2 rings (SSSR count). The number of rotatable bonds is 5. The van der Waals surface area contributed by atoms with Gasteiger partial charge in [0.2, 0.25) is 0 Å². The monoisotopic (exact) mass is 250 g/mol. The fraction of sp³-hybridized carbons (Fsp3) is 0.692. The van der Waals surface area contributed by atoms with E-state index in [9.17, 15) is 0 Å². The van der Waals surface area contributed by atoms with Gasteiger partial charge < -0.3 is 15.5 Å². The van der Waals surface area contributed by atoms with Gasteiger partial charge in [-0.1, -0.05) is 5.16 Å². The van der Waals surface area contributed by atoms with Crippen molar-refractivity contribution in [3.8, 4) is 0 Å². The lowest BCUT2D eigenvalue weighted by Gasteiger charge is -2.14. The molecule has 0 unspecified atom stereocenters. The average Bonchev–Trinajstić information content (AvgIpc) is 2.70. The van der Waals surface area contributed by atoms with Crippen molar-refractivity contribution in [1.82, 2.24) is 9.55 Å². The Bertz CT molecular complexity index is 436. The molecule has 0 saturated carbocycles. The molecule has 0 amide bonds. The SMILES string of the molecule is Cc1nc2c(n1CCCCC(N)=NO)CCCC2. The number of amidine groups is 1. The van der Waals surface area contributed by atoms with E-state index in [1.165, 1.54) is 24.2 Å². The number of fused-ring (bicyclic) bond motifs is 1. The van der Waals surface area contributed by atoms with Crippen molar-refractivity contribution in [2.75, 3.05) is 0 Å². The van der Waals surface area contributed by atoms with Gasteiger partial charge in [0, 0.05) is 18.7 Å². The van der Waals surface area contributed by atoms with Crippen LogP contribution in [0, 0.1) is 6.92 Å². The Labute approximate surface area is 108 Å². The number of unbranched alkanes of at least 4 members (excludes halogenated alkanes) is 1. The highest BCUT2D eigenvalue weighted by atomic mass is 16.4. The molecule has 5 heteroatoms. The summed E-state index contributed by atoms with van der Waals surface area (Å²) in [5, 5.41) is 11.5. The normalized spacial score (nSPS) is 15.7. The predicted octanol–water partition coefficient (Wildman–Crippen LogP) is 1.99. The van der Waals surface area contributed by atoms with Gasteiger partial charge in [-0.15, -0.1) is 0 Å². The van der Waals surface area contributed by atoms with E-state index in [0.717, 1.165) is 38.1 Å². The van der Waals surface area contributed by atoms with Crippen LogP contribution in [0.1, 0.15) is 49.3 Å². The number of imidazole rings is 1. The molecular formula is C13H22N4O. The number of oxime groups is 1. The lowest BCUT2D eigenvalue weighted by atomic mass is 10.0. The second-order valence-corrected chi connectivity index (χ2v) is 4.96. The Balaban J connectivity index is 1.91. The van der Waals surface area contributed by atoms with E-state index >= 15 is 0 Å². The largest absolute Gasteiger partial charge is 0.409 e. The van der Waals surface area contributed by atoms with Crippen molar-refractivity contribution in [1.29, 1.82) is 0 Å². The number of aryl methyl sites for hydroxylation is 2. The minimum absolute atomic E-state index is 0.319. The van der Waals surface area contributed by atoms with Crippen LogP contribution in [-0.4, -0.2) is 20.6 Å². The van der Waals surface area contributed by atoms with Crippen molar-refractivity contribution in [2.45, 2.75) is 58.4 Å². The number of nitrogens with zero attached hydrogens (tertiary/aromatic N) is 3. The predicted molar refractivity (Wildman–Crippen MR) is 70.9 cm³/mol. The summed E-state index contributed by atoms with van der Waals surface area (Å²) in [5.41, 5.74) is 8.19. The topological polar surface area (TPSA) is 76.4 Å². The summed E-state index contributed by atoms with van der Waals surface area (Å²) >= 11 is 0. The fourth-order valence-corrected chi connectivity index (χ4v) is 2.66. The summed E-state index contributed by atoms with van der Waals surface area (Å²) in [6, 6.07) is 0. The van der Waals surface area contributed by atoms with E-state index in [0.29, 0.717) is 12.3 Å². The zero-order valence-electron chi connectivity index (χ0n) is 11.0. The molecule has 1 aromatic rings. The highest BCUT2D eigenvalue weighted by Crippen LogP contribution is 2.22. The summed E-state index contributed by atoms with van der Waals surface area (Å²) < 4.78 is 2.35. The summed E-state index contributed by atoms with van der Waals surface area (Å²) in [6.45, 7) is 3.08. The first-order chi connectivity index (χ1) is 8.72. The van der Waals surface area contributed by atoms with Gasteiger partial charge >= 0.3 is 0 Å². The van der Waals surface area contributed by atoms with Gasteiger partial charge in [-0.3, -0.25) is 0 Å². The Morgan fingerprint density at radius 1 is 1.39 bits per heavy atom. The molecule has 100 valence electrons. The lowest BCUT2D eigenvalue weighted by Crippen LogP contribution is -2.12. The molecule has 0 aliphatic heterocycles. The Hall–Kier alpha value is -1.52. The molecule has 0 radical (unpaired) electrons. The van der Waals surface area contributed by atoms with Crippen LogP contribution in [0.15, 0.2) is 5.16 Å². The molecule has 1 heterocycles. The van der Waals surface area contributed by atoms with E-state index in [1.807, 2.05) is 0 Å². The second-order valence-electron chi connectivity index (χ2n) is 4.96. The third-order valence-corrected chi connectivity index (χ3v) is 3.62. The van der Waals surface area contributed by atoms with Crippen LogP contribution < -0.4 is 5.73 Å². The van der Waals surface area contributed by atoms with Gasteiger partial charge in [-0.05, 0) is 45.4 Å².